The average molecular weight is 375 g/mol. The smallest absolute Gasteiger partial charge is 0.135 e. The standard InChI is InChI=1S/C18H23BrN4/c1-3-16-14(2)20-13-21-18(16)23-10-8-22(9-11-23)12-15-6-4-5-7-17(15)19/h4-7,13H,3,8-12H2,1-2H3. The molecule has 0 saturated carbocycles. The fourth-order valence-corrected chi connectivity index (χ4v) is 3.57. The Balaban J connectivity index is 1.65. The molecule has 0 spiro atoms. The number of aromatic nitrogens is 2. The number of aryl methyl sites for hydroxylation is 1. The zero-order valence-corrected chi connectivity index (χ0v) is 15.4. The molecule has 0 unspecified atom stereocenters. The lowest BCUT2D eigenvalue weighted by atomic mass is 10.1. The predicted molar refractivity (Wildman–Crippen MR) is 97.8 cm³/mol. The largest absolute Gasteiger partial charge is 0.354 e. The van der Waals surface area contributed by atoms with Crippen LogP contribution in [0.5, 0.6) is 0 Å². The van der Waals surface area contributed by atoms with Gasteiger partial charge < -0.3 is 4.90 Å². The number of piperazine rings is 1. The van der Waals surface area contributed by atoms with E-state index in [0.717, 1.165) is 50.7 Å². The molecular formula is C18H23BrN4. The van der Waals surface area contributed by atoms with Crippen LogP contribution in [0.1, 0.15) is 23.7 Å². The van der Waals surface area contributed by atoms with Gasteiger partial charge in [-0.15, -0.1) is 0 Å². The SMILES string of the molecule is CCc1c(C)ncnc1N1CCN(Cc2ccccc2Br)CC1. The van der Waals surface area contributed by atoms with Gasteiger partial charge in [-0.05, 0) is 25.0 Å². The van der Waals surface area contributed by atoms with E-state index in [0.29, 0.717) is 0 Å². The minimum Gasteiger partial charge on any atom is -0.354 e. The van der Waals surface area contributed by atoms with Crippen LogP contribution in [0.3, 0.4) is 0 Å². The van der Waals surface area contributed by atoms with Crippen molar-refractivity contribution < 1.29 is 0 Å². The van der Waals surface area contributed by atoms with Crippen molar-refractivity contribution in [2.45, 2.75) is 26.8 Å². The lowest BCUT2D eigenvalue weighted by Crippen LogP contribution is -2.46. The Bertz CT molecular complexity index is 666. The Labute approximate surface area is 146 Å². The van der Waals surface area contributed by atoms with Crippen LogP contribution in [0.15, 0.2) is 35.1 Å². The van der Waals surface area contributed by atoms with E-state index < -0.39 is 0 Å². The number of rotatable bonds is 4. The van der Waals surface area contributed by atoms with Gasteiger partial charge in [0.2, 0.25) is 0 Å². The molecule has 1 aliphatic heterocycles. The first kappa shape index (κ1) is 16.4. The second kappa shape index (κ2) is 7.41. The molecule has 0 atom stereocenters. The molecule has 1 aromatic carbocycles. The Morgan fingerprint density at radius 1 is 1.09 bits per heavy atom. The van der Waals surface area contributed by atoms with E-state index in [1.54, 1.807) is 6.33 Å². The summed E-state index contributed by atoms with van der Waals surface area (Å²) in [5, 5.41) is 0. The average Bonchev–Trinajstić information content (AvgIpc) is 2.57. The summed E-state index contributed by atoms with van der Waals surface area (Å²) in [6.07, 6.45) is 2.68. The number of hydrogen-bond donors (Lipinski definition) is 0. The van der Waals surface area contributed by atoms with Gasteiger partial charge in [0, 0.05) is 48.5 Å². The second-order valence-corrected chi connectivity index (χ2v) is 6.82. The third kappa shape index (κ3) is 3.72. The van der Waals surface area contributed by atoms with Gasteiger partial charge in [0.1, 0.15) is 12.1 Å². The summed E-state index contributed by atoms with van der Waals surface area (Å²) in [6.45, 7) is 9.42. The van der Waals surface area contributed by atoms with Crippen molar-refractivity contribution in [1.82, 2.24) is 14.9 Å². The third-order valence-corrected chi connectivity index (χ3v) is 5.29. The van der Waals surface area contributed by atoms with Crippen LogP contribution < -0.4 is 4.90 Å². The monoisotopic (exact) mass is 374 g/mol. The normalized spacial score (nSPS) is 15.9. The van der Waals surface area contributed by atoms with Crippen LogP contribution in [0.4, 0.5) is 5.82 Å². The third-order valence-electron chi connectivity index (χ3n) is 4.52. The lowest BCUT2D eigenvalue weighted by Gasteiger charge is -2.36. The summed E-state index contributed by atoms with van der Waals surface area (Å²) in [5.41, 5.74) is 3.74. The Kier molecular flexibility index (Phi) is 5.28. The highest BCUT2D eigenvalue weighted by atomic mass is 79.9. The van der Waals surface area contributed by atoms with Crippen LogP contribution >= 0.6 is 15.9 Å². The molecule has 0 aliphatic carbocycles. The topological polar surface area (TPSA) is 32.3 Å². The summed E-state index contributed by atoms with van der Waals surface area (Å²) in [7, 11) is 0. The Hall–Kier alpha value is -1.46. The molecule has 2 heterocycles. The van der Waals surface area contributed by atoms with Gasteiger partial charge in [0.15, 0.2) is 0 Å². The summed E-state index contributed by atoms with van der Waals surface area (Å²) in [4.78, 5) is 13.8. The summed E-state index contributed by atoms with van der Waals surface area (Å²) in [5.74, 6) is 1.13. The molecule has 0 N–H and O–H groups in total. The fourth-order valence-electron chi connectivity index (χ4n) is 3.16. The number of nitrogens with zero attached hydrogens (tertiary/aromatic N) is 4. The minimum absolute atomic E-state index is 0.985. The van der Waals surface area contributed by atoms with Gasteiger partial charge in [-0.3, -0.25) is 4.90 Å². The van der Waals surface area contributed by atoms with Crippen LogP contribution in [-0.2, 0) is 13.0 Å². The first-order valence-electron chi connectivity index (χ1n) is 8.20. The lowest BCUT2D eigenvalue weighted by molar-refractivity contribution is 0.248. The quantitative estimate of drug-likeness (QED) is 0.820. The molecule has 23 heavy (non-hydrogen) atoms. The van der Waals surface area contributed by atoms with Gasteiger partial charge in [-0.25, -0.2) is 9.97 Å². The van der Waals surface area contributed by atoms with Gasteiger partial charge >= 0.3 is 0 Å². The molecule has 0 bridgehead atoms. The number of hydrogen-bond acceptors (Lipinski definition) is 4. The van der Waals surface area contributed by atoms with Crippen LogP contribution in [0, 0.1) is 6.92 Å². The molecule has 3 rings (SSSR count). The maximum atomic E-state index is 4.55. The zero-order chi connectivity index (χ0) is 16.2. The number of anilines is 1. The van der Waals surface area contributed by atoms with E-state index in [2.05, 4.69) is 73.8 Å². The molecule has 1 fully saturated rings. The summed E-state index contributed by atoms with van der Waals surface area (Å²) < 4.78 is 1.20. The second-order valence-electron chi connectivity index (χ2n) is 5.97. The van der Waals surface area contributed by atoms with Crippen molar-refractivity contribution in [3.05, 3.63) is 51.9 Å². The van der Waals surface area contributed by atoms with Crippen molar-refractivity contribution in [3.63, 3.8) is 0 Å². The van der Waals surface area contributed by atoms with Gasteiger partial charge in [-0.1, -0.05) is 41.1 Å². The minimum atomic E-state index is 0.985. The summed E-state index contributed by atoms with van der Waals surface area (Å²) >= 11 is 3.64. The molecule has 2 aromatic rings. The molecule has 5 heteroatoms. The predicted octanol–water partition coefficient (Wildman–Crippen LogP) is 3.43. The van der Waals surface area contributed by atoms with Crippen molar-refractivity contribution in [1.29, 1.82) is 0 Å². The van der Waals surface area contributed by atoms with Crippen LogP contribution in [0.25, 0.3) is 0 Å². The highest BCUT2D eigenvalue weighted by Crippen LogP contribution is 2.23. The van der Waals surface area contributed by atoms with Gasteiger partial charge in [-0.2, -0.15) is 0 Å². The molecule has 1 saturated heterocycles. The van der Waals surface area contributed by atoms with Crippen molar-refractivity contribution in [3.8, 4) is 0 Å². The first-order valence-corrected chi connectivity index (χ1v) is 8.99. The first-order chi connectivity index (χ1) is 11.2. The zero-order valence-electron chi connectivity index (χ0n) is 13.8. The Morgan fingerprint density at radius 3 is 2.52 bits per heavy atom. The van der Waals surface area contributed by atoms with Crippen LogP contribution in [-0.4, -0.2) is 41.0 Å². The fraction of sp³-hybridized carbons (Fsp3) is 0.444. The molecule has 1 aliphatic rings. The molecule has 1 aromatic heterocycles. The van der Waals surface area contributed by atoms with E-state index in [9.17, 15) is 0 Å². The maximum absolute atomic E-state index is 4.55. The summed E-state index contributed by atoms with van der Waals surface area (Å²) in [6, 6.07) is 8.48. The van der Waals surface area contributed by atoms with Gasteiger partial charge in [0.25, 0.3) is 0 Å². The van der Waals surface area contributed by atoms with Crippen molar-refractivity contribution in [2.75, 3.05) is 31.1 Å². The van der Waals surface area contributed by atoms with E-state index in [1.165, 1.54) is 15.6 Å². The van der Waals surface area contributed by atoms with E-state index in [4.69, 9.17) is 0 Å². The molecule has 0 amide bonds. The molecule has 122 valence electrons. The number of benzene rings is 1. The van der Waals surface area contributed by atoms with Crippen molar-refractivity contribution >= 4 is 21.7 Å². The maximum Gasteiger partial charge on any atom is 0.135 e. The molecular weight excluding hydrogens is 352 g/mol. The van der Waals surface area contributed by atoms with E-state index in [-0.39, 0.29) is 0 Å². The molecule has 0 radical (unpaired) electrons. The highest BCUT2D eigenvalue weighted by Gasteiger charge is 2.21. The van der Waals surface area contributed by atoms with E-state index >= 15 is 0 Å². The van der Waals surface area contributed by atoms with Gasteiger partial charge in [0.05, 0.1) is 0 Å². The van der Waals surface area contributed by atoms with Crippen molar-refractivity contribution in [2.24, 2.45) is 0 Å². The highest BCUT2D eigenvalue weighted by molar-refractivity contribution is 9.10. The molecule has 4 nitrogen and oxygen atoms in total. The Morgan fingerprint density at radius 2 is 1.83 bits per heavy atom. The van der Waals surface area contributed by atoms with E-state index in [1.807, 2.05) is 0 Å². The van der Waals surface area contributed by atoms with Crippen LogP contribution in [0.2, 0.25) is 0 Å². The number of halogens is 1.